The zero-order valence-corrected chi connectivity index (χ0v) is 17.0. The minimum atomic E-state index is -5.04. The van der Waals surface area contributed by atoms with Crippen LogP contribution in [0.4, 0.5) is 18.9 Å². The lowest BCUT2D eigenvalue weighted by atomic mass is 9.89. The summed E-state index contributed by atoms with van der Waals surface area (Å²) in [6.45, 7) is 1.61. The number of hydrogen-bond donors (Lipinski definition) is 1. The van der Waals surface area contributed by atoms with Gasteiger partial charge in [0.15, 0.2) is 5.78 Å². The zero-order valence-electron chi connectivity index (χ0n) is 16.1. The number of carbonyl (C=O) groups is 1. The summed E-state index contributed by atoms with van der Waals surface area (Å²) < 4.78 is 69.2. The number of ether oxygens (including phenoxy) is 1. The van der Waals surface area contributed by atoms with Gasteiger partial charge in [-0.2, -0.15) is 0 Å². The first-order valence-electron chi connectivity index (χ1n) is 9.25. The molecule has 30 heavy (non-hydrogen) atoms. The first kappa shape index (κ1) is 22.1. The highest BCUT2D eigenvalue weighted by Crippen LogP contribution is 2.31. The number of nitrogens with zero attached hydrogens (tertiary/aromatic N) is 1. The van der Waals surface area contributed by atoms with Gasteiger partial charge in [-0.05, 0) is 57.2 Å². The first-order chi connectivity index (χ1) is 14.0. The normalized spacial score (nSPS) is 16.3. The van der Waals surface area contributed by atoms with Crippen LogP contribution in [0.2, 0.25) is 0 Å². The van der Waals surface area contributed by atoms with Gasteiger partial charge in [0.05, 0.1) is 0 Å². The average Bonchev–Trinajstić information content (AvgIpc) is 2.67. The molecule has 2 aromatic rings. The van der Waals surface area contributed by atoms with Gasteiger partial charge in [0, 0.05) is 17.2 Å². The highest BCUT2D eigenvalue weighted by atomic mass is 32.2. The minimum absolute atomic E-state index is 0.0787. The molecule has 0 unspecified atom stereocenters. The number of Topliss-reactive ketones (excluding diaryl/α,β-unsaturated/α-hetero) is 1. The maximum Gasteiger partial charge on any atom is 0.573 e. The van der Waals surface area contributed by atoms with E-state index in [1.54, 1.807) is 6.07 Å². The summed E-state index contributed by atoms with van der Waals surface area (Å²) in [6, 6.07) is 10.4. The van der Waals surface area contributed by atoms with Gasteiger partial charge in [0.1, 0.15) is 10.6 Å². The highest BCUT2D eigenvalue weighted by molar-refractivity contribution is 7.92. The number of anilines is 1. The molecule has 1 fully saturated rings. The number of halogens is 3. The van der Waals surface area contributed by atoms with Gasteiger partial charge in [0.2, 0.25) is 0 Å². The summed E-state index contributed by atoms with van der Waals surface area (Å²) >= 11 is 0. The molecule has 0 spiro atoms. The van der Waals surface area contributed by atoms with Crippen LogP contribution in [0.15, 0.2) is 53.4 Å². The molecule has 162 valence electrons. The fourth-order valence-electron chi connectivity index (χ4n) is 3.33. The Bertz CT molecular complexity index is 1020. The second-order valence-electron chi connectivity index (χ2n) is 7.12. The first-order valence-corrected chi connectivity index (χ1v) is 10.7. The second-order valence-corrected chi connectivity index (χ2v) is 8.77. The van der Waals surface area contributed by atoms with E-state index in [-0.39, 0.29) is 17.4 Å². The summed E-state index contributed by atoms with van der Waals surface area (Å²) in [5.74, 6) is -1.06. The van der Waals surface area contributed by atoms with Crippen LogP contribution in [-0.4, -0.2) is 45.6 Å². The number of nitrogens with one attached hydrogen (secondary N) is 1. The lowest BCUT2D eigenvalue weighted by molar-refractivity contribution is -0.275. The van der Waals surface area contributed by atoms with Gasteiger partial charge in [-0.3, -0.25) is 9.52 Å². The van der Waals surface area contributed by atoms with E-state index in [2.05, 4.69) is 14.4 Å². The molecule has 0 atom stereocenters. The predicted molar refractivity (Wildman–Crippen MR) is 105 cm³/mol. The van der Waals surface area contributed by atoms with Crippen molar-refractivity contribution in [1.82, 2.24) is 4.90 Å². The number of hydrogen-bond acceptors (Lipinski definition) is 5. The van der Waals surface area contributed by atoms with E-state index in [0.29, 0.717) is 18.4 Å². The molecule has 10 heteroatoms. The Kier molecular flexibility index (Phi) is 6.37. The number of carbonyl (C=O) groups excluding carboxylic acids is 1. The largest absolute Gasteiger partial charge is 0.573 e. The number of likely N-dealkylation sites (tertiary alicyclic amines) is 1. The standard InChI is InChI=1S/C20H21F3N2O4S/c1-25-11-9-14(10-12-25)19(26)15-5-4-6-16(13-15)24-30(27,28)18-8-3-2-7-17(18)29-20(21,22)23/h2-8,13-14,24H,9-12H2,1H3. The molecule has 0 aliphatic carbocycles. The summed E-state index contributed by atoms with van der Waals surface area (Å²) in [4.78, 5) is 14.2. The number of para-hydroxylation sites is 1. The van der Waals surface area contributed by atoms with Gasteiger partial charge in [-0.25, -0.2) is 8.42 Å². The Balaban J connectivity index is 1.82. The van der Waals surface area contributed by atoms with Crippen molar-refractivity contribution < 1.29 is 31.1 Å². The van der Waals surface area contributed by atoms with E-state index in [9.17, 15) is 26.4 Å². The molecule has 0 bridgehead atoms. The number of sulfonamides is 1. The molecule has 2 aromatic carbocycles. The van der Waals surface area contributed by atoms with Crippen LogP contribution < -0.4 is 9.46 Å². The maximum atomic E-state index is 12.8. The predicted octanol–water partition coefficient (Wildman–Crippen LogP) is 3.91. The van der Waals surface area contributed by atoms with Crippen molar-refractivity contribution in [3.8, 4) is 5.75 Å². The van der Waals surface area contributed by atoms with Crippen LogP contribution in [-0.2, 0) is 10.0 Å². The van der Waals surface area contributed by atoms with Gasteiger partial charge in [0.25, 0.3) is 10.0 Å². The molecular formula is C20H21F3N2O4S. The van der Waals surface area contributed by atoms with Crippen molar-refractivity contribution in [2.75, 3.05) is 24.9 Å². The third-order valence-corrected chi connectivity index (χ3v) is 6.27. The summed E-state index contributed by atoms with van der Waals surface area (Å²) in [5, 5.41) is 0. The minimum Gasteiger partial charge on any atom is -0.404 e. The van der Waals surface area contributed by atoms with E-state index in [1.807, 2.05) is 7.05 Å². The lowest BCUT2D eigenvalue weighted by Gasteiger charge is -2.28. The summed E-state index contributed by atoms with van der Waals surface area (Å²) in [6.07, 6.45) is -3.60. The third-order valence-electron chi connectivity index (χ3n) is 4.85. The summed E-state index contributed by atoms with van der Waals surface area (Å²) in [5.41, 5.74) is 0.431. The highest BCUT2D eigenvalue weighted by Gasteiger charge is 2.34. The Morgan fingerprint density at radius 2 is 1.77 bits per heavy atom. The van der Waals surface area contributed by atoms with E-state index < -0.39 is 27.0 Å². The molecule has 6 nitrogen and oxygen atoms in total. The van der Waals surface area contributed by atoms with Crippen LogP contribution in [0.3, 0.4) is 0 Å². The van der Waals surface area contributed by atoms with E-state index in [0.717, 1.165) is 25.2 Å². The maximum absolute atomic E-state index is 12.8. The molecule has 1 aliphatic heterocycles. The molecule has 1 aliphatic rings. The van der Waals surface area contributed by atoms with Crippen molar-refractivity contribution in [2.45, 2.75) is 24.1 Å². The monoisotopic (exact) mass is 442 g/mol. The zero-order chi connectivity index (χ0) is 21.9. The molecule has 0 saturated carbocycles. The summed E-state index contributed by atoms with van der Waals surface area (Å²) in [7, 11) is -2.40. The molecule has 1 N–H and O–H groups in total. The second kappa shape index (κ2) is 8.65. The molecule has 0 amide bonds. The molecule has 0 radical (unpaired) electrons. The number of alkyl halides is 3. The van der Waals surface area contributed by atoms with Crippen molar-refractivity contribution >= 4 is 21.5 Å². The van der Waals surface area contributed by atoms with E-state index >= 15 is 0 Å². The molecular weight excluding hydrogens is 421 g/mol. The Hall–Kier alpha value is -2.59. The lowest BCUT2D eigenvalue weighted by Crippen LogP contribution is -2.33. The number of benzene rings is 2. The van der Waals surface area contributed by atoms with Crippen molar-refractivity contribution in [3.63, 3.8) is 0 Å². The van der Waals surface area contributed by atoms with E-state index in [4.69, 9.17) is 0 Å². The van der Waals surface area contributed by atoms with Gasteiger partial charge >= 0.3 is 6.36 Å². The fourth-order valence-corrected chi connectivity index (χ4v) is 4.51. The van der Waals surface area contributed by atoms with Gasteiger partial charge in [-0.1, -0.05) is 24.3 Å². The van der Waals surface area contributed by atoms with Crippen molar-refractivity contribution in [1.29, 1.82) is 0 Å². The smallest absolute Gasteiger partial charge is 0.404 e. The van der Waals surface area contributed by atoms with Crippen LogP contribution in [0.1, 0.15) is 23.2 Å². The van der Waals surface area contributed by atoms with Crippen molar-refractivity contribution in [3.05, 3.63) is 54.1 Å². The van der Waals surface area contributed by atoms with Gasteiger partial charge in [-0.15, -0.1) is 13.2 Å². The molecule has 1 heterocycles. The fraction of sp³-hybridized carbons (Fsp3) is 0.350. The quantitative estimate of drug-likeness (QED) is 0.687. The number of piperidine rings is 1. The topological polar surface area (TPSA) is 75.7 Å². The Labute approximate surface area is 172 Å². The van der Waals surface area contributed by atoms with E-state index in [1.165, 1.54) is 30.3 Å². The average molecular weight is 442 g/mol. The van der Waals surface area contributed by atoms with Crippen LogP contribution in [0.25, 0.3) is 0 Å². The molecule has 0 aromatic heterocycles. The van der Waals surface area contributed by atoms with Crippen molar-refractivity contribution in [2.24, 2.45) is 5.92 Å². The molecule has 1 saturated heterocycles. The van der Waals surface area contributed by atoms with Crippen LogP contribution in [0.5, 0.6) is 5.75 Å². The van der Waals surface area contributed by atoms with Crippen LogP contribution >= 0.6 is 0 Å². The number of ketones is 1. The van der Waals surface area contributed by atoms with Crippen LogP contribution in [0, 0.1) is 5.92 Å². The number of rotatable bonds is 6. The van der Waals surface area contributed by atoms with Gasteiger partial charge < -0.3 is 9.64 Å². The Morgan fingerprint density at radius 3 is 2.43 bits per heavy atom. The SMILES string of the molecule is CN1CCC(C(=O)c2cccc(NS(=O)(=O)c3ccccc3OC(F)(F)F)c2)CC1. The molecule has 3 rings (SSSR count). The third kappa shape index (κ3) is 5.51. The Morgan fingerprint density at radius 1 is 1.10 bits per heavy atom.